The van der Waals surface area contributed by atoms with Crippen LogP contribution in [-0.4, -0.2) is 0 Å². The number of allylic oxidation sites excluding steroid dienone is 8. The third-order valence-electron chi connectivity index (χ3n) is 1.86. The summed E-state index contributed by atoms with van der Waals surface area (Å²) in [4.78, 5) is 0. The predicted octanol–water partition coefficient (Wildman–Crippen LogP) is 5.45. The van der Waals surface area contributed by atoms with Crippen LogP contribution in [0, 0.1) is 0 Å². The first kappa shape index (κ1) is 16.4. The first-order valence-electron chi connectivity index (χ1n) is 5.81. The second-order valence-electron chi connectivity index (χ2n) is 3.08. The molecule has 0 aromatic rings. The van der Waals surface area contributed by atoms with Gasteiger partial charge in [-0.25, -0.2) is 0 Å². The lowest BCUT2D eigenvalue weighted by molar-refractivity contribution is 1.14. The molecule has 0 aliphatic heterocycles. The highest BCUT2D eigenvalue weighted by Crippen LogP contribution is 2.11. The third-order valence-corrected chi connectivity index (χ3v) is 1.86. The van der Waals surface area contributed by atoms with Crippen LogP contribution in [0.2, 0.25) is 0 Å². The Morgan fingerprint density at radius 1 is 1.00 bits per heavy atom. The number of hydrogen-bond acceptors (Lipinski definition) is 0. The highest BCUT2D eigenvalue weighted by Gasteiger charge is 1.91. The molecule has 0 saturated carbocycles. The van der Waals surface area contributed by atoms with Gasteiger partial charge in [0.1, 0.15) is 0 Å². The van der Waals surface area contributed by atoms with Gasteiger partial charge in [0.25, 0.3) is 0 Å². The van der Waals surface area contributed by atoms with E-state index in [0.29, 0.717) is 0 Å². The summed E-state index contributed by atoms with van der Waals surface area (Å²) in [7, 11) is 0. The minimum Gasteiger partial charge on any atom is -0.0884 e. The molecule has 0 aliphatic carbocycles. The van der Waals surface area contributed by atoms with Crippen LogP contribution < -0.4 is 0 Å². The lowest BCUT2D eigenvalue weighted by Crippen LogP contribution is -1.80. The minimum atomic E-state index is 1.05. The highest BCUT2D eigenvalue weighted by atomic mass is 14.0. The fourth-order valence-electron chi connectivity index (χ4n) is 1.03. The molecule has 0 atom stereocenters. The van der Waals surface area contributed by atoms with Crippen molar-refractivity contribution in [3.8, 4) is 0 Å². The SMILES string of the molecule is CC.C\C=C/C=C(\C=C/C)C/C(C)=C\C. The Kier molecular flexibility index (Phi) is 14.2. The lowest BCUT2D eigenvalue weighted by Gasteiger charge is -2.00. The van der Waals surface area contributed by atoms with E-state index in [1.165, 1.54) is 11.1 Å². The molecule has 0 nitrogen and oxygen atoms in total. The summed E-state index contributed by atoms with van der Waals surface area (Å²) >= 11 is 0. The van der Waals surface area contributed by atoms with Gasteiger partial charge in [-0.1, -0.05) is 55.9 Å². The maximum Gasteiger partial charge on any atom is -0.00701 e. The Labute approximate surface area is 96.1 Å². The normalized spacial score (nSPS) is 13.2. The van der Waals surface area contributed by atoms with Gasteiger partial charge in [-0.2, -0.15) is 0 Å². The molecule has 0 aromatic heterocycles. The molecule has 15 heavy (non-hydrogen) atoms. The van der Waals surface area contributed by atoms with Gasteiger partial charge in [0.15, 0.2) is 0 Å². The molecule has 0 bridgehead atoms. The number of hydrogen-bond donors (Lipinski definition) is 0. The Hall–Kier alpha value is -1.04. The van der Waals surface area contributed by atoms with E-state index in [0.717, 1.165) is 6.42 Å². The molecule has 0 rings (SSSR count). The van der Waals surface area contributed by atoms with E-state index >= 15 is 0 Å². The van der Waals surface area contributed by atoms with Crippen LogP contribution in [0.5, 0.6) is 0 Å². The summed E-state index contributed by atoms with van der Waals surface area (Å²) in [6, 6.07) is 0. The van der Waals surface area contributed by atoms with Gasteiger partial charge in [-0.15, -0.1) is 0 Å². The van der Waals surface area contributed by atoms with Gasteiger partial charge in [0, 0.05) is 0 Å². The molecule has 0 unspecified atom stereocenters. The van der Waals surface area contributed by atoms with Crippen molar-refractivity contribution in [3.63, 3.8) is 0 Å². The number of rotatable bonds is 4. The maximum atomic E-state index is 2.16. The summed E-state index contributed by atoms with van der Waals surface area (Å²) in [6.07, 6.45) is 13.7. The monoisotopic (exact) mass is 206 g/mol. The minimum absolute atomic E-state index is 1.05. The first-order valence-corrected chi connectivity index (χ1v) is 5.81. The van der Waals surface area contributed by atoms with Crippen LogP contribution >= 0.6 is 0 Å². The molecule has 86 valence electrons. The van der Waals surface area contributed by atoms with Crippen molar-refractivity contribution in [3.05, 3.63) is 47.6 Å². The standard InChI is InChI=1S/C13H20.C2H6/c1-5-8-10-13(9-6-2)11-12(4)7-3;1-2/h5-10H,11H2,1-4H3;1-2H3/b8-5-,9-6-,12-7-,13-10+;. The molecule has 0 amide bonds. The zero-order valence-corrected chi connectivity index (χ0v) is 11.2. The van der Waals surface area contributed by atoms with Crippen LogP contribution in [0.3, 0.4) is 0 Å². The molecule has 0 saturated heterocycles. The van der Waals surface area contributed by atoms with Crippen LogP contribution in [-0.2, 0) is 0 Å². The van der Waals surface area contributed by atoms with E-state index in [1.54, 1.807) is 0 Å². The van der Waals surface area contributed by atoms with E-state index in [2.05, 4.69) is 57.2 Å². The van der Waals surface area contributed by atoms with E-state index in [4.69, 9.17) is 0 Å². The Morgan fingerprint density at radius 2 is 1.60 bits per heavy atom. The van der Waals surface area contributed by atoms with E-state index in [1.807, 2.05) is 20.8 Å². The maximum absolute atomic E-state index is 2.16. The summed E-state index contributed by atoms with van der Waals surface area (Å²) in [5.74, 6) is 0. The summed E-state index contributed by atoms with van der Waals surface area (Å²) in [5.41, 5.74) is 2.77. The van der Waals surface area contributed by atoms with E-state index in [-0.39, 0.29) is 0 Å². The fourth-order valence-corrected chi connectivity index (χ4v) is 1.03. The molecular formula is C15H26. The van der Waals surface area contributed by atoms with Crippen molar-refractivity contribution in [2.45, 2.75) is 48.0 Å². The van der Waals surface area contributed by atoms with Gasteiger partial charge in [0.2, 0.25) is 0 Å². The second kappa shape index (κ2) is 13.0. The summed E-state index contributed by atoms with van der Waals surface area (Å²) in [5, 5.41) is 0. The van der Waals surface area contributed by atoms with Gasteiger partial charge in [-0.05, 0) is 39.7 Å². The Morgan fingerprint density at radius 3 is 2.00 bits per heavy atom. The Balaban J connectivity index is 0. The van der Waals surface area contributed by atoms with Crippen LogP contribution in [0.1, 0.15) is 48.0 Å². The zero-order chi connectivity index (χ0) is 12.1. The van der Waals surface area contributed by atoms with Gasteiger partial charge in [0.05, 0.1) is 0 Å². The summed E-state index contributed by atoms with van der Waals surface area (Å²) in [6.45, 7) is 12.3. The second-order valence-corrected chi connectivity index (χ2v) is 3.08. The van der Waals surface area contributed by atoms with Crippen molar-refractivity contribution in [2.75, 3.05) is 0 Å². The third kappa shape index (κ3) is 10.9. The van der Waals surface area contributed by atoms with Gasteiger partial charge >= 0.3 is 0 Å². The van der Waals surface area contributed by atoms with Crippen LogP contribution in [0.15, 0.2) is 47.6 Å². The first-order chi connectivity index (χ1) is 7.24. The van der Waals surface area contributed by atoms with Crippen molar-refractivity contribution in [1.82, 2.24) is 0 Å². The molecule has 0 aliphatic rings. The Bertz CT molecular complexity index is 237. The van der Waals surface area contributed by atoms with Crippen LogP contribution in [0.4, 0.5) is 0 Å². The molecule has 0 spiro atoms. The molecule has 0 heteroatoms. The zero-order valence-electron chi connectivity index (χ0n) is 11.2. The average Bonchev–Trinajstić information content (AvgIpc) is 2.28. The topological polar surface area (TPSA) is 0 Å². The van der Waals surface area contributed by atoms with E-state index < -0.39 is 0 Å². The molecular weight excluding hydrogens is 180 g/mol. The molecule has 0 heterocycles. The predicted molar refractivity (Wildman–Crippen MR) is 73.1 cm³/mol. The molecule has 0 fully saturated rings. The lowest BCUT2D eigenvalue weighted by atomic mass is 10.1. The quantitative estimate of drug-likeness (QED) is 0.424. The van der Waals surface area contributed by atoms with Crippen molar-refractivity contribution in [1.29, 1.82) is 0 Å². The summed E-state index contributed by atoms with van der Waals surface area (Å²) < 4.78 is 0. The van der Waals surface area contributed by atoms with Gasteiger partial charge < -0.3 is 0 Å². The van der Waals surface area contributed by atoms with Crippen LogP contribution in [0.25, 0.3) is 0 Å². The molecule has 0 N–H and O–H groups in total. The highest BCUT2D eigenvalue weighted by molar-refractivity contribution is 5.27. The smallest absolute Gasteiger partial charge is 0.00701 e. The van der Waals surface area contributed by atoms with Crippen molar-refractivity contribution >= 4 is 0 Å². The largest absolute Gasteiger partial charge is 0.0884 e. The average molecular weight is 206 g/mol. The van der Waals surface area contributed by atoms with E-state index in [9.17, 15) is 0 Å². The molecule has 0 radical (unpaired) electrons. The van der Waals surface area contributed by atoms with Crippen molar-refractivity contribution < 1.29 is 0 Å². The van der Waals surface area contributed by atoms with Gasteiger partial charge in [-0.3, -0.25) is 0 Å². The fraction of sp³-hybridized carbons (Fsp3) is 0.467. The molecule has 0 aromatic carbocycles. The van der Waals surface area contributed by atoms with Crippen molar-refractivity contribution in [2.24, 2.45) is 0 Å².